The van der Waals surface area contributed by atoms with E-state index in [1.165, 1.54) is 0 Å². The van der Waals surface area contributed by atoms with Crippen LogP contribution in [0.5, 0.6) is 0 Å². The molecule has 118 valence electrons. The van der Waals surface area contributed by atoms with Crippen LogP contribution in [0.15, 0.2) is 18.2 Å². The SMILES string of the molecule is CCC(C)C(C)(O)CNCc1ccc(NC)c([N+](=O)[O-])c1. The van der Waals surface area contributed by atoms with Gasteiger partial charge in [-0.15, -0.1) is 0 Å². The van der Waals surface area contributed by atoms with Crippen molar-refractivity contribution in [2.45, 2.75) is 39.3 Å². The summed E-state index contributed by atoms with van der Waals surface area (Å²) < 4.78 is 0. The standard InChI is InChI=1S/C15H25N3O3/c1-5-11(2)15(3,19)10-17-9-12-6-7-13(16-4)14(8-12)18(20)21/h6-8,11,16-17,19H,5,9-10H2,1-4H3. The molecule has 2 atom stereocenters. The second-order valence-corrected chi connectivity index (χ2v) is 5.63. The van der Waals surface area contributed by atoms with Gasteiger partial charge in [0.2, 0.25) is 0 Å². The van der Waals surface area contributed by atoms with Crippen LogP contribution in [0.1, 0.15) is 32.8 Å². The molecule has 3 N–H and O–H groups in total. The van der Waals surface area contributed by atoms with E-state index in [-0.39, 0.29) is 11.6 Å². The Bertz CT molecular complexity index is 489. The minimum atomic E-state index is -0.786. The maximum absolute atomic E-state index is 11.0. The number of rotatable bonds is 8. The van der Waals surface area contributed by atoms with Gasteiger partial charge < -0.3 is 15.7 Å². The van der Waals surface area contributed by atoms with Crippen LogP contribution in [0, 0.1) is 16.0 Å². The number of nitro benzene ring substituents is 1. The van der Waals surface area contributed by atoms with Gasteiger partial charge in [-0.2, -0.15) is 0 Å². The van der Waals surface area contributed by atoms with Crippen molar-refractivity contribution in [1.29, 1.82) is 0 Å². The van der Waals surface area contributed by atoms with E-state index in [2.05, 4.69) is 10.6 Å². The van der Waals surface area contributed by atoms with Gasteiger partial charge in [0.15, 0.2) is 0 Å². The van der Waals surface area contributed by atoms with Gasteiger partial charge in [0.25, 0.3) is 5.69 Å². The Morgan fingerprint density at radius 1 is 1.48 bits per heavy atom. The highest BCUT2D eigenvalue weighted by atomic mass is 16.6. The van der Waals surface area contributed by atoms with Crippen LogP contribution in [0.2, 0.25) is 0 Å². The van der Waals surface area contributed by atoms with Crippen molar-refractivity contribution < 1.29 is 10.0 Å². The Balaban J connectivity index is 2.68. The minimum absolute atomic E-state index is 0.0606. The van der Waals surface area contributed by atoms with Gasteiger partial charge in [-0.1, -0.05) is 26.3 Å². The Labute approximate surface area is 125 Å². The Hall–Kier alpha value is -1.66. The van der Waals surface area contributed by atoms with Crippen LogP contribution in [-0.4, -0.2) is 29.2 Å². The first-order valence-electron chi connectivity index (χ1n) is 7.20. The molecule has 21 heavy (non-hydrogen) atoms. The Kier molecular flexibility index (Phi) is 6.11. The molecule has 0 aliphatic carbocycles. The lowest BCUT2D eigenvalue weighted by molar-refractivity contribution is -0.384. The summed E-state index contributed by atoms with van der Waals surface area (Å²) in [5.74, 6) is 0.186. The summed E-state index contributed by atoms with van der Waals surface area (Å²) in [7, 11) is 1.66. The molecular formula is C15H25N3O3. The minimum Gasteiger partial charge on any atom is -0.389 e. The fraction of sp³-hybridized carbons (Fsp3) is 0.600. The van der Waals surface area contributed by atoms with Crippen LogP contribution < -0.4 is 10.6 Å². The first kappa shape index (κ1) is 17.4. The van der Waals surface area contributed by atoms with E-state index >= 15 is 0 Å². The zero-order valence-corrected chi connectivity index (χ0v) is 13.1. The molecule has 0 saturated heterocycles. The smallest absolute Gasteiger partial charge is 0.292 e. The summed E-state index contributed by atoms with van der Waals surface area (Å²) in [5.41, 5.74) is 0.590. The van der Waals surface area contributed by atoms with Crippen LogP contribution in [0.25, 0.3) is 0 Å². The number of anilines is 1. The Morgan fingerprint density at radius 2 is 2.14 bits per heavy atom. The Morgan fingerprint density at radius 3 is 2.67 bits per heavy atom. The first-order chi connectivity index (χ1) is 9.81. The molecule has 0 spiro atoms. The third-order valence-corrected chi connectivity index (χ3v) is 4.01. The number of benzene rings is 1. The number of nitrogens with one attached hydrogen (secondary N) is 2. The topological polar surface area (TPSA) is 87.4 Å². The van der Waals surface area contributed by atoms with Crippen molar-refractivity contribution in [3.05, 3.63) is 33.9 Å². The fourth-order valence-corrected chi connectivity index (χ4v) is 2.12. The summed E-state index contributed by atoms with van der Waals surface area (Å²) in [6.45, 7) is 6.79. The predicted molar refractivity (Wildman–Crippen MR) is 84.4 cm³/mol. The molecule has 2 unspecified atom stereocenters. The zero-order chi connectivity index (χ0) is 16.0. The molecule has 6 nitrogen and oxygen atoms in total. The van der Waals surface area contributed by atoms with Gasteiger partial charge >= 0.3 is 0 Å². The lowest BCUT2D eigenvalue weighted by Crippen LogP contribution is -2.42. The van der Waals surface area contributed by atoms with Crippen molar-refractivity contribution in [2.24, 2.45) is 5.92 Å². The van der Waals surface area contributed by atoms with Crippen molar-refractivity contribution in [1.82, 2.24) is 5.32 Å². The van der Waals surface area contributed by atoms with E-state index in [0.717, 1.165) is 12.0 Å². The van der Waals surface area contributed by atoms with Crippen LogP contribution in [0.3, 0.4) is 0 Å². The predicted octanol–water partition coefficient (Wildman–Crippen LogP) is 2.52. The molecule has 1 aromatic carbocycles. The molecule has 1 rings (SSSR count). The number of nitro groups is 1. The first-order valence-corrected chi connectivity index (χ1v) is 7.20. The molecule has 0 amide bonds. The number of nitrogens with zero attached hydrogens (tertiary/aromatic N) is 1. The van der Waals surface area contributed by atoms with Gasteiger partial charge in [-0.3, -0.25) is 10.1 Å². The number of hydrogen-bond donors (Lipinski definition) is 3. The van der Waals surface area contributed by atoms with E-state index in [9.17, 15) is 15.2 Å². The average Bonchev–Trinajstić information content (AvgIpc) is 2.45. The second-order valence-electron chi connectivity index (χ2n) is 5.63. The maximum Gasteiger partial charge on any atom is 0.292 e. The molecule has 0 fully saturated rings. The van der Waals surface area contributed by atoms with Crippen LogP contribution >= 0.6 is 0 Å². The molecule has 1 aromatic rings. The highest BCUT2D eigenvalue weighted by molar-refractivity contribution is 5.62. The molecule has 0 aliphatic heterocycles. The van der Waals surface area contributed by atoms with Gasteiger partial charge in [0.1, 0.15) is 5.69 Å². The molecule has 0 aliphatic rings. The summed E-state index contributed by atoms with van der Waals surface area (Å²) in [6.07, 6.45) is 0.900. The highest BCUT2D eigenvalue weighted by Gasteiger charge is 2.26. The summed E-state index contributed by atoms with van der Waals surface area (Å²) in [4.78, 5) is 10.6. The van der Waals surface area contributed by atoms with E-state index in [1.807, 2.05) is 19.9 Å². The van der Waals surface area contributed by atoms with Crippen molar-refractivity contribution >= 4 is 11.4 Å². The third-order valence-electron chi connectivity index (χ3n) is 4.01. The normalized spacial score (nSPS) is 15.3. The second kappa shape index (κ2) is 7.38. The van der Waals surface area contributed by atoms with E-state index in [4.69, 9.17) is 0 Å². The van der Waals surface area contributed by atoms with Crippen LogP contribution in [0.4, 0.5) is 11.4 Å². The lowest BCUT2D eigenvalue weighted by Gasteiger charge is -2.30. The molecule has 0 heterocycles. The van der Waals surface area contributed by atoms with Crippen molar-refractivity contribution in [2.75, 3.05) is 18.9 Å². The highest BCUT2D eigenvalue weighted by Crippen LogP contribution is 2.25. The molecule has 0 bridgehead atoms. The molecule has 0 saturated carbocycles. The molecular weight excluding hydrogens is 270 g/mol. The van der Waals surface area contributed by atoms with Gasteiger partial charge in [-0.05, 0) is 24.5 Å². The van der Waals surface area contributed by atoms with Crippen molar-refractivity contribution in [3.8, 4) is 0 Å². The monoisotopic (exact) mass is 295 g/mol. The zero-order valence-electron chi connectivity index (χ0n) is 13.1. The van der Waals surface area contributed by atoms with Gasteiger partial charge in [0, 0.05) is 26.2 Å². The van der Waals surface area contributed by atoms with Crippen molar-refractivity contribution in [3.63, 3.8) is 0 Å². The number of aliphatic hydroxyl groups is 1. The van der Waals surface area contributed by atoms with Gasteiger partial charge in [-0.25, -0.2) is 0 Å². The molecule has 0 radical (unpaired) electrons. The maximum atomic E-state index is 11.0. The quantitative estimate of drug-likeness (QED) is 0.506. The largest absolute Gasteiger partial charge is 0.389 e. The summed E-state index contributed by atoms with van der Waals surface area (Å²) in [6, 6.07) is 5.09. The van der Waals surface area contributed by atoms with E-state index in [1.54, 1.807) is 26.1 Å². The fourth-order valence-electron chi connectivity index (χ4n) is 2.12. The number of hydrogen-bond acceptors (Lipinski definition) is 5. The van der Waals surface area contributed by atoms with Gasteiger partial charge in [0.05, 0.1) is 10.5 Å². The molecule has 6 heteroatoms. The lowest BCUT2D eigenvalue weighted by atomic mass is 9.88. The van der Waals surface area contributed by atoms with Crippen LogP contribution in [-0.2, 0) is 6.54 Å². The summed E-state index contributed by atoms with van der Waals surface area (Å²) >= 11 is 0. The summed E-state index contributed by atoms with van der Waals surface area (Å²) in [5, 5.41) is 27.3. The van der Waals surface area contributed by atoms with E-state index in [0.29, 0.717) is 18.8 Å². The van der Waals surface area contributed by atoms with E-state index < -0.39 is 10.5 Å². The third kappa shape index (κ3) is 4.68. The molecule has 0 aromatic heterocycles. The average molecular weight is 295 g/mol.